The van der Waals surface area contributed by atoms with Crippen molar-refractivity contribution in [2.45, 2.75) is 37.4 Å². The molecule has 2 rings (SSSR count). The van der Waals surface area contributed by atoms with Crippen LogP contribution in [0, 0.1) is 0 Å². The summed E-state index contributed by atoms with van der Waals surface area (Å²) < 4.78 is 0. The highest BCUT2D eigenvalue weighted by Crippen LogP contribution is 2.20. The zero-order valence-corrected chi connectivity index (χ0v) is 19.1. The molecule has 0 spiro atoms. The number of carbonyl (C=O) groups excluding carboxylic acids is 2. The van der Waals surface area contributed by atoms with Crippen molar-refractivity contribution in [1.29, 1.82) is 0 Å². The molecule has 1 aliphatic rings. The van der Waals surface area contributed by atoms with Gasteiger partial charge >= 0.3 is 5.97 Å². The Kier molecular flexibility index (Phi) is 11.2. The molecular weight excluding hydrogens is 438 g/mol. The molecule has 31 heavy (non-hydrogen) atoms. The van der Waals surface area contributed by atoms with Crippen molar-refractivity contribution in [3.05, 3.63) is 35.9 Å². The van der Waals surface area contributed by atoms with Crippen LogP contribution in [0.2, 0.25) is 0 Å². The summed E-state index contributed by atoms with van der Waals surface area (Å²) in [4.78, 5) is 38.7. The number of nitrogens with one attached hydrogen (secondary N) is 1. The first-order valence-electron chi connectivity index (χ1n) is 10.3. The van der Waals surface area contributed by atoms with Crippen molar-refractivity contribution in [3.8, 4) is 0 Å². The van der Waals surface area contributed by atoms with E-state index in [9.17, 15) is 19.5 Å². The Morgan fingerprint density at radius 2 is 1.87 bits per heavy atom. The lowest BCUT2D eigenvalue weighted by atomic mass is 10.1. The number of aliphatic carboxylic acids is 1. The Labute approximate surface area is 191 Å². The topological polar surface area (TPSA) is 133 Å². The van der Waals surface area contributed by atoms with Gasteiger partial charge in [0.1, 0.15) is 12.1 Å². The van der Waals surface area contributed by atoms with E-state index in [1.165, 1.54) is 4.90 Å². The van der Waals surface area contributed by atoms with Gasteiger partial charge in [0.2, 0.25) is 11.8 Å². The molecule has 2 amide bonds. The number of thioether (sulfide) groups is 2. The predicted molar refractivity (Wildman–Crippen MR) is 124 cm³/mol. The number of likely N-dealkylation sites (tertiary alicyclic amines) is 1. The summed E-state index contributed by atoms with van der Waals surface area (Å²) in [5.41, 5.74) is 6.88. The lowest BCUT2D eigenvalue weighted by Crippen LogP contribution is -2.54. The van der Waals surface area contributed by atoms with Gasteiger partial charge in [-0.05, 0) is 18.4 Å². The van der Waals surface area contributed by atoms with E-state index in [1.807, 2.05) is 30.3 Å². The molecule has 0 radical (unpaired) electrons. The Morgan fingerprint density at radius 1 is 1.16 bits per heavy atom. The molecule has 172 valence electrons. The maximum atomic E-state index is 12.8. The minimum absolute atomic E-state index is 0.153. The van der Waals surface area contributed by atoms with Crippen molar-refractivity contribution in [2.75, 3.05) is 36.2 Å². The van der Waals surface area contributed by atoms with Crippen LogP contribution in [0.3, 0.4) is 0 Å². The van der Waals surface area contributed by atoms with E-state index < -0.39 is 30.0 Å². The van der Waals surface area contributed by atoms with Crippen molar-refractivity contribution >= 4 is 41.3 Å². The van der Waals surface area contributed by atoms with Gasteiger partial charge in [-0.15, -0.1) is 0 Å². The molecule has 0 unspecified atom stereocenters. The molecule has 1 fully saturated rings. The van der Waals surface area contributed by atoms with Crippen LogP contribution in [-0.4, -0.2) is 87.2 Å². The number of hydrogen-bond donors (Lipinski definition) is 4. The number of aliphatic hydroxyl groups excluding tert-OH is 1. The molecule has 1 saturated heterocycles. The summed E-state index contributed by atoms with van der Waals surface area (Å²) in [6.45, 7) is 0.595. The minimum Gasteiger partial charge on any atom is -0.480 e. The number of amides is 2. The Bertz CT molecular complexity index is 722. The van der Waals surface area contributed by atoms with Crippen LogP contribution in [0.25, 0.3) is 0 Å². The largest absolute Gasteiger partial charge is 0.480 e. The zero-order chi connectivity index (χ0) is 22.6. The van der Waals surface area contributed by atoms with E-state index in [-0.39, 0.29) is 18.9 Å². The number of nitrogens with two attached hydrogens (primary N) is 1. The predicted octanol–water partition coefficient (Wildman–Crippen LogP) is 0.576. The van der Waals surface area contributed by atoms with E-state index in [4.69, 9.17) is 10.8 Å². The van der Waals surface area contributed by atoms with Gasteiger partial charge < -0.3 is 26.2 Å². The monoisotopic (exact) mass is 469 g/mol. The van der Waals surface area contributed by atoms with Crippen molar-refractivity contribution in [2.24, 2.45) is 5.73 Å². The highest BCUT2D eigenvalue weighted by atomic mass is 32.2. The summed E-state index contributed by atoms with van der Waals surface area (Å²) >= 11 is 3.21. The number of carboxylic acid groups (broad SMARTS) is 1. The van der Waals surface area contributed by atoms with Gasteiger partial charge in [-0.3, -0.25) is 9.59 Å². The van der Waals surface area contributed by atoms with Crippen LogP contribution in [0.1, 0.15) is 18.4 Å². The number of carboxylic acids is 1. The second-order valence-electron chi connectivity index (χ2n) is 7.30. The quantitative estimate of drug-likeness (QED) is 0.308. The number of rotatable bonds is 13. The number of benzene rings is 1. The van der Waals surface area contributed by atoms with Crippen molar-refractivity contribution in [1.82, 2.24) is 10.2 Å². The Hall–Kier alpha value is -1.75. The molecule has 10 heteroatoms. The third kappa shape index (κ3) is 8.36. The standard InChI is InChI=1S/C21H31N3O5S2/c22-16(14-31-12-11-30-10-9-25)20(27)24-8-4-7-18(24)19(26)23-17(21(28)29)13-15-5-2-1-3-6-15/h1-3,5-6,16-18,25H,4,7-14,22H2,(H,23,26)(H,28,29)/t16-,17-,18-/m0/s1. The van der Waals surface area contributed by atoms with Gasteiger partial charge in [-0.25, -0.2) is 4.79 Å². The second kappa shape index (κ2) is 13.6. The molecule has 0 aromatic heterocycles. The fraction of sp³-hybridized carbons (Fsp3) is 0.571. The third-order valence-corrected chi connectivity index (χ3v) is 7.27. The third-order valence-electron chi connectivity index (χ3n) is 4.96. The fourth-order valence-electron chi connectivity index (χ4n) is 3.40. The van der Waals surface area contributed by atoms with Gasteiger partial charge in [-0.1, -0.05) is 30.3 Å². The highest BCUT2D eigenvalue weighted by molar-refractivity contribution is 8.02. The van der Waals surface area contributed by atoms with Crippen molar-refractivity contribution < 1.29 is 24.6 Å². The second-order valence-corrected chi connectivity index (χ2v) is 9.67. The van der Waals surface area contributed by atoms with E-state index in [0.29, 0.717) is 30.9 Å². The van der Waals surface area contributed by atoms with Crippen LogP contribution in [0.4, 0.5) is 0 Å². The van der Waals surface area contributed by atoms with Gasteiger partial charge in [-0.2, -0.15) is 23.5 Å². The van der Waals surface area contributed by atoms with Gasteiger partial charge in [0.25, 0.3) is 0 Å². The van der Waals surface area contributed by atoms with E-state index in [2.05, 4.69) is 5.32 Å². The molecule has 1 aromatic carbocycles. The number of carbonyl (C=O) groups is 3. The van der Waals surface area contributed by atoms with Crippen LogP contribution >= 0.6 is 23.5 Å². The molecule has 1 aromatic rings. The summed E-state index contributed by atoms with van der Waals surface area (Å²) in [7, 11) is 0. The van der Waals surface area contributed by atoms with Crippen LogP contribution in [-0.2, 0) is 20.8 Å². The molecule has 0 aliphatic carbocycles. The highest BCUT2D eigenvalue weighted by Gasteiger charge is 2.37. The van der Waals surface area contributed by atoms with E-state index in [1.54, 1.807) is 23.5 Å². The first-order valence-corrected chi connectivity index (χ1v) is 12.6. The lowest BCUT2D eigenvalue weighted by Gasteiger charge is -2.27. The molecule has 3 atom stereocenters. The summed E-state index contributed by atoms with van der Waals surface area (Å²) in [5.74, 6) is 1.01. The van der Waals surface area contributed by atoms with Crippen LogP contribution in [0.5, 0.6) is 0 Å². The molecule has 1 heterocycles. The first-order chi connectivity index (χ1) is 14.9. The minimum atomic E-state index is -1.11. The lowest BCUT2D eigenvalue weighted by molar-refractivity contribution is -0.144. The van der Waals surface area contributed by atoms with E-state index in [0.717, 1.165) is 17.1 Å². The molecule has 0 bridgehead atoms. The molecular formula is C21H31N3O5S2. The van der Waals surface area contributed by atoms with Gasteiger partial charge in [0.05, 0.1) is 12.6 Å². The number of nitrogens with zero attached hydrogens (tertiary/aromatic N) is 1. The summed E-state index contributed by atoms with van der Waals surface area (Å²) in [5, 5.41) is 20.9. The van der Waals surface area contributed by atoms with Crippen molar-refractivity contribution in [3.63, 3.8) is 0 Å². The maximum Gasteiger partial charge on any atom is 0.326 e. The average Bonchev–Trinajstić information content (AvgIpc) is 3.25. The maximum absolute atomic E-state index is 12.8. The molecule has 5 N–H and O–H groups in total. The number of aliphatic hydroxyl groups is 1. The molecule has 1 aliphatic heterocycles. The normalized spacial score (nSPS) is 17.9. The van der Waals surface area contributed by atoms with Crippen LogP contribution < -0.4 is 11.1 Å². The molecule has 8 nitrogen and oxygen atoms in total. The average molecular weight is 470 g/mol. The molecule has 0 saturated carbocycles. The van der Waals surface area contributed by atoms with Gasteiger partial charge in [0.15, 0.2) is 0 Å². The van der Waals surface area contributed by atoms with E-state index >= 15 is 0 Å². The number of hydrogen-bond acceptors (Lipinski definition) is 7. The SMILES string of the molecule is N[C@@H](CSCCSCCO)C(=O)N1CCC[C@H]1C(=O)N[C@@H](Cc1ccccc1)C(=O)O. The Morgan fingerprint density at radius 3 is 2.55 bits per heavy atom. The Balaban J connectivity index is 1.88. The summed E-state index contributed by atoms with van der Waals surface area (Å²) in [6, 6.07) is 6.64. The van der Waals surface area contributed by atoms with Crippen LogP contribution in [0.15, 0.2) is 30.3 Å². The van der Waals surface area contributed by atoms with Gasteiger partial charge in [0, 0.05) is 36.0 Å². The summed E-state index contributed by atoms with van der Waals surface area (Å²) in [6.07, 6.45) is 1.35. The zero-order valence-electron chi connectivity index (χ0n) is 17.4. The smallest absolute Gasteiger partial charge is 0.326 e. The fourth-order valence-corrected chi connectivity index (χ4v) is 5.24. The first kappa shape index (κ1) is 25.5.